The lowest BCUT2D eigenvalue weighted by molar-refractivity contribution is -0.109. The number of rotatable bonds is 11. The van der Waals surface area contributed by atoms with E-state index in [1.54, 1.807) is 14.2 Å². The number of methoxy groups -OCH3 is 2. The summed E-state index contributed by atoms with van der Waals surface area (Å²) in [5.41, 5.74) is 6.58. The van der Waals surface area contributed by atoms with Crippen LogP contribution in [-0.4, -0.2) is 48.7 Å². The predicted octanol–water partition coefficient (Wildman–Crippen LogP) is 6.73. The fourth-order valence-electron chi connectivity index (χ4n) is 5.20. The van der Waals surface area contributed by atoms with Crippen molar-refractivity contribution in [2.75, 3.05) is 52.2 Å². The van der Waals surface area contributed by atoms with Crippen LogP contribution in [0, 0.1) is 0 Å². The lowest BCUT2D eigenvalue weighted by Crippen LogP contribution is -2.22. The lowest BCUT2D eigenvalue weighted by Gasteiger charge is -2.33. The van der Waals surface area contributed by atoms with Crippen LogP contribution >= 0.6 is 0 Å². The van der Waals surface area contributed by atoms with Crippen molar-refractivity contribution in [2.45, 2.75) is 17.8 Å². The highest BCUT2D eigenvalue weighted by Crippen LogP contribution is 2.47. The molecule has 0 aliphatic heterocycles. The molecular formula is C34H38N2O3. The zero-order valence-electron chi connectivity index (χ0n) is 23.7. The second-order valence-electron chi connectivity index (χ2n) is 10.2. The molecule has 2 atom stereocenters. The molecule has 0 saturated heterocycles. The van der Waals surface area contributed by atoms with E-state index in [1.807, 2.05) is 64.6 Å². The van der Waals surface area contributed by atoms with Crippen molar-refractivity contribution in [1.82, 2.24) is 0 Å². The largest absolute Gasteiger partial charge is 0.497 e. The van der Waals surface area contributed by atoms with E-state index in [2.05, 4.69) is 70.5 Å². The molecule has 0 bridgehead atoms. The molecule has 4 aromatic rings. The predicted molar refractivity (Wildman–Crippen MR) is 161 cm³/mol. The standard InChI is InChI=1S/C34H38N2O3/c1-35(2)28-15-7-25(8-16-28)33(26-9-17-29(18-10-26)36(3)4)34(27-13-21-31(39-6)22-14-27)32(23-37)24-11-19-30(38-5)20-12-24/h7-23,32-34H,1-6H3/t32-,34+/m1/s1. The second kappa shape index (κ2) is 12.5. The first-order chi connectivity index (χ1) is 18.9. The summed E-state index contributed by atoms with van der Waals surface area (Å²) in [4.78, 5) is 17.2. The van der Waals surface area contributed by atoms with Crippen LogP contribution in [0.1, 0.15) is 40.0 Å². The van der Waals surface area contributed by atoms with Gasteiger partial charge in [-0.1, -0.05) is 48.5 Å². The molecule has 4 aromatic carbocycles. The number of carbonyl (C=O) groups is 1. The van der Waals surface area contributed by atoms with Crippen molar-refractivity contribution < 1.29 is 14.3 Å². The molecule has 0 heterocycles. The van der Waals surface area contributed by atoms with Crippen LogP contribution in [-0.2, 0) is 4.79 Å². The Balaban J connectivity index is 1.93. The number of benzene rings is 4. The maximum absolute atomic E-state index is 13.0. The van der Waals surface area contributed by atoms with Crippen LogP contribution in [0.2, 0.25) is 0 Å². The van der Waals surface area contributed by atoms with Crippen molar-refractivity contribution >= 4 is 17.7 Å². The van der Waals surface area contributed by atoms with Gasteiger partial charge in [0.1, 0.15) is 17.8 Å². The monoisotopic (exact) mass is 522 g/mol. The van der Waals surface area contributed by atoms with E-state index in [0.717, 1.165) is 51.4 Å². The molecule has 0 aliphatic rings. The Morgan fingerprint density at radius 3 is 1.23 bits per heavy atom. The van der Waals surface area contributed by atoms with E-state index < -0.39 is 5.92 Å². The normalized spacial score (nSPS) is 12.5. The van der Waals surface area contributed by atoms with Gasteiger partial charge in [0.15, 0.2) is 0 Å². The summed E-state index contributed by atoms with van der Waals surface area (Å²) < 4.78 is 10.8. The Labute approximate surface area is 232 Å². The summed E-state index contributed by atoms with van der Waals surface area (Å²) in [6.45, 7) is 0. The van der Waals surface area contributed by atoms with Crippen molar-refractivity contribution in [1.29, 1.82) is 0 Å². The Hall–Kier alpha value is -4.25. The van der Waals surface area contributed by atoms with Gasteiger partial charge in [-0.05, 0) is 70.8 Å². The average Bonchev–Trinajstić information content (AvgIpc) is 2.97. The van der Waals surface area contributed by atoms with Gasteiger partial charge in [0.05, 0.1) is 14.2 Å². The van der Waals surface area contributed by atoms with Crippen molar-refractivity contribution in [2.24, 2.45) is 0 Å². The third-order valence-electron chi connectivity index (χ3n) is 7.43. The Bertz CT molecular complexity index is 1280. The quantitative estimate of drug-likeness (QED) is 0.204. The van der Waals surface area contributed by atoms with Crippen molar-refractivity contribution in [3.63, 3.8) is 0 Å². The number of nitrogens with zero attached hydrogens (tertiary/aromatic N) is 2. The van der Waals surface area contributed by atoms with E-state index in [4.69, 9.17) is 9.47 Å². The molecule has 0 N–H and O–H groups in total. The summed E-state index contributed by atoms with van der Waals surface area (Å²) in [6.07, 6.45) is 1.09. The summed E-state index contributed by atoms with van der Waals surface area (Å²) in [6, 6.07) is 33.3. The molecule has 0 amide bonds. The minimum absolute atomic E-state index is 0.0804. The molecule has 39 heavy (non-hydrogen) atoms. The number of anilines is 2. The van der Waals surface area contributed by atoms with E-state index in [1.165, 1.54) is 0 Å². The van der Waals surface area contributed by atoms with Crippen molar-refractivity contribution in [3.05, 3.63) is 119 Å². The zero-order chi connectivity index (χ0) is 27.9. The van der Waals surface area contributed by atoms with Gasteiger partial charge in [-0.2, -0.15) is 0 Å². The first-order valence-corrected chi connectivity index (χ1v) is 13.1. The summed E-state index contributed by atoms with van der Waals surface area (Å²) in [5, 5.41) is 0. The Morgan fingerprint density at radius 1 is 0.538 bits per heavy atom. The smallest absolute Gasteiger partial charge is 0.128 e. The fourth-order valence-corrected chi connectivity index (χ4v) is 5.20. The van der Waals surface area contributed by atoms with Crippen LogP contribution in [0.4, 0.5) is 11.4 Å². The van der Waals surface area contributed by atoms with Crippen LogP contribution in [0.5, 0.6) is 11.5 Å². The first-order valence-electron chi connectivity index (χ1n) is 13.1. The molecular weight excluding hydrogens is 484 g/mol. The number of hydrogen-bond donors (Lipinski definition) is 0. The number of hydrogen-bond acceptors (Lipinski definition) is 5. The highest BCUT2D eigenvalue weighted by molar-refractivity contribution is 5.66. The zero-order valence-corrected chi connectivity index (χ0v) is 23.7. The van der Waals surface area contributed by atoms with Crippen LogP contribution < -0.4 is 19.3 Å². The first kappa shape index (κ1) is 27.8. The molecule has 0 aliphatic carbocycles. The van der Waals surface area contributed by atoms with Gasteiger partial charge in [-0.3, -0.25) is 0 Å². The summed E-state index contributed by atoms with van der Waals surface area (Å²) in [7, 11) is 11.5. The van der Waals surface area contributed by atoms with Crippen LogP contribution in [0.3, 0.4) is 0 Å². The highest BCUT2D eigenvalue weighted by Gasteiger charge is 2.34. The molecule has 4 rings (SSSR count). The summed E-state index contributed by atoms with van der Waals surface area (Å²) in [5.74, 6) is 0.906. The molecule has 0 spiro atoms. The number of ether oxygens (including phenoxy) is 2. The van der Waals surface area contributed by atoms with E-state index in [-0.39, 0.29) is 11.8 Å². The van der Waals surface area contributed by atoms with Crippen LogP contribution in [0.15, 0.2) is 97.1 Å². The third kappa shape index (κ3) is 6.26. The van der Waals surface area contributed by atoms with Gasteiger partial charge in [0, 0.05) is 57.3 Å². The minimum atomic E-state index is -0.392. The maximum atomic E-state index is 13.0. The average molecular weight is 523 g/mol. The molecule has 5 heteroatoms. The molecule has 0 radical (unpaired) electrons. The topological polar surface area (TPSA) is 42.0 Å². The van der Waals surface area contributed by atoms with E-state index in [0.29, 0.717) is 0 Å². The minimum Gasteiger partial charge on any atom is -0.497 e. The highest BCUT2D eigenvalue weighted by atomic mass is 16.5. The van der Waals surface area contributed by atoms with E-state index >= 15 is 0 Å². The molecule has 0 unspecified atom stereocenters. The van der Waals surface area contributed by atoms with Crippen LogP contribution in [0.25, 0.3) is 0 Å². The Morgan fingerprint density at radius 2 is 0.897 bits per heavy atom. The van der Waals surface area contributed by atoms with Gasteiger partial charge >= 0.3 is 0 Å². The summed E-state index contributed by atoms with van der Waals surface area (Å²) >= 11 is 0. The number of aldehydes is 1. The van der Waals surface area contributed by atoms with Gasteiger partial charge < -0.3 is 24.1 Å². The number of carbonyl (C=O) groups excluding carboxylic acids is 1. The van der Waals surface area contributed by atoms with Gasteiger partial charge in [-0.15, -0.1) is 0 Å². The van der Waals surface area contributed by atoms with Gasteiger partial charge in [0.2, 0.25) is 0 Å². The maximum Gasteiger partial charge on any atom is 0.128 e. The molecule has 0 saturated carbocycles. The van der Waals surface area contributed by atoms with Gasteiger partial charge in [0.25, 0.3) is 0 Å². The third-order valence-corrected chi connectivity index (χ3v) is 7.43. The Kier molecular flexibility index (Phi) is 8.92. The lowest BCUT2D eigenvalue weighted by atomic mass is 9.69. The van der Waals surface area contributed by atoms with Gasteiger partial charge in [-0.25, -0.2) is 0 Å². The molecule has 0 fully saturated rings. The molecule has 0 aromatic heterocycles. The fraction of sp³-hybridized carbons (Fsp3) is 0.265. The SMILES string of the molecule is COc1ccc([C@@H](C=O)[C@H](c2ccc(OC)cc2)C(c2ccc(N(C)C)cc2)c2ccc(N(C)C)cc2)cc1. The van der Waals surface area contributed by atoms with E-state index in [9.17, 15) is 4.79 Å². The molecule has 202 valence electrons. The molecule has 5 nitrogen and oxygen atoms in total. The second-order valence-corrected chi connectivity index (χ2v) is 10.2. The van der Waals surface area contributed by atoms with Crippen molar-refractivity contribution in [3.8, 4) is 11.5 Å².